The zero-order valence-corrected chi connectivity index (χ0v) is 60.8. The standard InChI is InChI=1S/C66H72N14O18S5/c1-29(81)46-58(86)76-47(30(2)91-8)61-72-41(28-102-61)57(85)77-50-52-53(98-44-19-66(5,89)54(78(6)7)31(3)97-44)65(88)95-21-33-10-9-11-42-45(33)36(22-94-52)51(80(42)90)64(87)96-23-37(69-55(83)39-27-103-63(50)73-39)60-70-38(25-101-60)48-35(59-71-40(26-100-59)56(84)75-46)18-43(93-17-14-79-12-15-92-16-13-79)49(74-48)62-68-34(24-99-62)20-67-32(4)82/h9-11,18,24-29,31,37,44,46,50,52-54,81,89-90H,12-17,19-23H2,1-8H3,(H,67,82)(H,69,83)(H,75,84)(H,76,86)(H,77,85)/b47-30+. The number of nitrogens with zero attached hydrogens (tertiary/aromatic N) is 9. The number of carbonyl (C=O) groups excluding carboxylic acids is 7. The molecule has 2 fully saturated rings. The molecule has 0 radical (unpaired) electrons. The molecule has 37 heteroatoms. The highest BCUT2D eigenvalue weighted by atomic mass is 32.1. The third kappa shape index (κ3) is 15.3. The van der Waals surface area contributed by atoms with E-state index in [4.69, 9.17) is 62.8 Å². The summed E-state index contributed by atoms with van der Waals surface area (Å²) in [5.74, 6) is -5.61. The van der Waals surface area contributed by atoms with Crippen LogP contribution >= 0.6 is 56.7 Å². The molecule has 103 heavy (non-hydrogen) atoms. The molecule has 5 amide bonds. The molecule has 544 valence electrons. The van der Waals surface area contributed by atoms with Crippen LogP contribution in [0.15, 0.2) is 56.9 Å². The summed E-state index contributed by atoms with van der Waals surface area (Å²) in [6.45, 7) is 9.09. The maximum atomic E-state index is 15.3. The molecule has 2 saturated heterocycles. The second-order valence-electron chi connectivity index (χ2n) is 25.3. The van der Waals surface area contributed by atoms with Crippen molar-refractivity contribution in [1.82, 2.24) is 71.0 Å². The first-order valence-electron chi connectivity index (χ1n) is 32.6. The Hall–Kier alpha value is -8.83. The van der Waals surface area contributed by atoms with Gasteiger partial charge in [0.05, 0.1) is 68.5 Å². The average Bonchev–Trinajstić information content (AvgIpc) is 1.62. The van der Waals surface area contributed by atoms with Gasteiger partial charge in [0.15, 0.2) is 18.1 Å². The molecule has 0 spiro atoms. The van der Waals surface area contributed by atoms with E-state index in [2.05, 4.69) is 36.5 Å². The van der Waals surface area contributed by atoms with Gasteiger partial charge >= 0.3 is 11.9 Å². The Kier molecular flexibility index (Phi) is 21.5. The molecule has 12 bridgehead atoms. The molecule has 13 rings (SSSR count). The number of benzene rings is 1. The molecule has 10 atom stereocenters. The lowest BCUT2D eigenvalue weighted by Gasteiger charge is -2.48. The zero-order chi connectivity index (χ0) is 72.7. The average molecular weight is 1510 g/mol. The first-order chi connectivity index (χ1) is 49.4. The van der Waals surface area contributed by atoms with Crippen LogP contribution in [0.2, 0.25) is 0 Å². The summed E-state index contributed by atoms with van der Waals surface area (Å²) in [7, 11) is 4.90. The number of cyclic esters (lactones) is 2. The Bertz CT molecular complexity index is 4610. The van der Waals surface area contributed by atoms with Gasteiger partial charge in [-0.15, -0.1) is 56.7 Å². The molecule has 7 aromatic heterocycles. The fourth-order valence-electron chi connectivity index (χ4n) is 12.9. The van der Waals surface area contributed by atoms with Gasteiger partial charge < -0.3 is 84.8 Å². The van der Waals surface area contributed by atoms with Crippen LogP contribution < -0.4 is 31.3 Å². The first-order valence-corrected chi connectivity index (χ1v) is 37.0. The summed E-state index contributed by atoms with van der Waals surface area (Å²) in [5.41, 5.74) is -0.730. The lowest BCUT2D eigenvalue weighted by atomic mass is 9.85. The number of nitrogens with one attached hydrogen (secondary N) is 5. The van der Waals surface area contributed by atoms with Crippen LogP contribution in [0.25, 0.3) is 49.3 Å². The molecule has 5 aliphatic heterocycles. The van der Waals surface area contributed by atoms with E-state index < -0.39 is 122 Å². The Morgan fingerprint density at radius 2 is 1.52 bits per heavy atom. The van der Waals surface area contributed by atoms with E-state index in [1.807, 2.05) is 0 Å². The number of esters is 2. The summed E-state index contributed by atoms with van der Waals surface area (Å²) in [5, 5.41) is 58.2. The minimum atomic E-state index is -1.90. The van der Waals surface area contributed by atoms with Gasteiger partial charge in [0.25, 0.3) is 17.7 Å². The van der Waals surface area contributed by atoms with E-state index >= 15 is 19.2 Å². The molecule has 8 N–H and O–H groups in total. The number of aliphatic hydroxyl groups excluding tert-OH is 1. The number of thiazole rings is 5. The van der Waals surface area contributed by atoms with Crippen molar-refractivity contribution in [2.24, 2.45) is 0 Å². The third-order valence-corrected chi connectivity index (χ3v) is 22.4. The number of carbonyl (C=O) groups is 7. The first kappa shape index (κ1) is 72.5. The number of likely N-dealkylation sites (N-methyl/N-ethyl adjacent to an activating group) is 1. The van der Waals surface area contributed by atoms with E-state index in [9.17, 15) is 29.8 Å². The fraction of sp³-hybridized carbons (Fsp3) is 0.439. The number of morpholine rings is 1. The van der Waals surface area contributed by atoms with Crippen LogP contribution in [-0.4, -0.2) is 217 Å². The second kappa shape index (κ2) is 30.5. The SMILES string of the molecule is CO/C(C)=C1/NC(=O)C(C(C)O)NC(=O)c2csc(n2)-c2cc(OCCN3CCOCC3)c(-c3nc(CNC(C)=O)cs3)nc2-c2csc(n2)C2COC(=O)c3c4c5c(cccc5n3O)COC(=O)C(OC3CC(C)(O)C(N(C)C)C(C)O3)C(OC4)C(NC(=O)c3csc1n3)c1nc(cs1)C(=O)N2. The smallest absolute Gasteiger partial charge is 0.358 e. The van der Waals surface area contributed by atoms with Crippen molar-refractivity contribution in [2.45, 2.75) is 121 Å². The molecule has 10 unspecified atom stereocenters. The molecular formula is C66H72N14O18S5. The minimum Gasteiger partial charge on any atom is -0.499 e. The second-order valence-corrected chi connectivity index (χ2v) is 29.7. The number of rotatable bonds is 12. The minimum absolute atomic E-state index is 0.0120. The molecule has 32 nitrogen and oxygen atoms in total. The highest BCUT2D eigenvalue weighted by molar-refractivity contribution is 7.14. The van der Waals surface area contributed by atoms with Crippen molar-refractivity contribution in [3.63, 3.8) is 0 Å². The van der Waals surface area contributed by atoms with Crippen LogP contribution in [0, 0.1) is 0 Å². The Morgan fingerprint density at radius 1 is 0.835 bits per heavy atom. The van der Waals surface area contributed by atoms with Crippen LogP contribution in [0.4, 0.5) is 0 Å². The Morgan fingerprint density at radius 3 is 2.26 bits per heavy atom. The van der Waals surface area contributed by atoms with E-state index in [0.29, 0.717) is 59.4 Å². The molecule has 5 aliphatic rings. The topological polar surface area (TPSA) is 403 Å². The van der Waals surface area contributed by atoms with Gasteiger partial charge in [0, 0.05) is 76.4 Å². The van der Waals surface area contributed by atoms with E-state index in [1.54, 1.807) is 61.8 Å². The normalized spacial score (nSPS) is 24.6. The van der Waals surface area contributed by atoms with Gasteiger partial charge in [-0.05, 0) is 59.5 Å². The Balaban J connectivity index is 0.991. The van der Waals surface area contributed by atoms with Crippen molar-refractivity contribution < 1.29 is 86.9 Å². The fourth-order valence-corrected chi connectivity index (χ4v) is 17.1. The van der Waals surface area contributed by atoms with Gasteiger partial charge in [-0.2, -0.15) is 4.73 Å². The van der Waals surface area contributed by atoms with Crippen molar-refractivity contribution >= 4 is 115 Å². The number of methoxy groups -OCH3 is 1. The number of amides is 5. The number of fused-ring (bicyclic) bond motifs is 15. The van der Waals surface area contributed by atoms with Crippen LogP contribution in [0.3, 0.4) is 0 Å². The quantitative estimate of drug-likeness (QED) is 0.0462. The van der Waals surface area contributed by atoms with E-state index in [-0.39, 0.29) is 113 Å². The molecule has 0 saturated carbocycles. The summed E-state index contributed by atoms with van der Waals surface area (Å²) in [6, 6.07) is 1.32. The Labute approximate surface area is 607 Å². The van der Waals surface area contributed by atoms with Crippen molar-refractivity contribution in [2.75, 3.05) is 67.3 Å². The van der Waals surface area contributed by atoms with Gasteiger partial charge in [0.1, 0.15) is 120 Å². The third-order valence-electron chi connectivity index (χ3n) is 17.8. The molecule has 8 aromatic rings. The summed E-state index contributed by atoms with van der Waals surface area (Å²) in [4.78, 5) is 135. The van der Waals surface area contributed by atoms with Crippen LogP contribution in [0.1, 0.15) is 127 Å². The van der Waals surface area contributed by atoms with Gasteiger partial charge in [-0.25, -0.2) is 39.5 Å². The number of allylic oxidation sites excluding steroid dienone is 1. The highest BCUT2D eigenvalue weighted by Gasteiger charge is 2.50. The number of aliphatic hydroxyl groups is 2. The lowest BCUT2D eigenvalue weighted by Crippen LogP contribution is -2.62. The predicted octanol–water partition coefficient (Wildman–Crippen LogP) is 4.80. The summed E-state index contributed by atoms with van der Waals surface area (Å²) < 4.78 is 50.8. The van der Waals surface area contributed by atoms with E-state index in [0.717, 1.165) is 45.3 Å². The van der Waals surface area contributed by atoms with Gasteiger partial charge in [-0.1, -0.05) is 12.1 Å². The predicted molar refractivity (Wildman–Crippen MR) is 373 cm³/mol. The number of pyridine rings is 1. The maximum absolute atomic E-state index is 15.3. The molecule has 12 heterocycles. The van der Waals surface area contributed by atoms with Crippen LogP contribution in [0.5, 0.6) is 5.75 Å². The van der Waals surface area contributed by atoms with Crippen molar-refractivity contribution in [3.8, 4) is 38.4 Å². The number of hydrogen-bond donors (Lipinski definition) is 8. The monoisotopic (exact) mass is 1510 g/mol. The van der Waals surface area contributed by atoms with Crippen molar-refractivity contribution in [3.05, 3.63) is 112 Å². The number of hydrogen-bond acceptors (Lipinski definition) is 31. The number of aromatic nitrogens is 7. The van der Waals surface area contributed by atoms with E-state index in [1.165, 1.54) is 61.4 Å². The zero-order valence-electron chi connectivity index (χ0n) is 56.7. The maximum Gasteiger partial charge on any atom is 0.358 e. The van der Waals surface area contributed by atoms with Crippen LogP contribution in [-0.2, 0) is 67.3 Å². The summed E-state index contributed by atoms with van der Waals surface area (Å²) in [6.07, 6.45) is -7.43. The van der Waals surface area contributed by atoms with Gasteiger partial charge in [-0.3, -0.25) is 28.9 Å². The molecule has 0 aliphatic carbocycles. The summed E-state index contributed by atoms with van der Waals surface area (Å²) >= 11 is 5.12. The highest BCUT2D eigenvalue weighted by Crippen LogP contribution is 2.43. The number of ether oxygens (including phenoxy) is 8. The van der Waals surface area contributed by atoms with Gasteiger partial charge in [0.2, 0.25) is 11.8 Å². The lowest BCUT2D eigenvalue weighted by molar-refractivity contribution is -0.280. The molecular weight excluding hydrogens is 1440 g/mol. The largest absolute Gasteiger partial charge is 0.499 e. The van der Waals surface area contributed by atoms with Crippen molar-refractivity contribution in [1.29, 1.82) is 0 Å². The molecule has 1 aromatic carbocycles.